The predicted molar refractivity (Wildman–Crippen MR) is 96.0 cm³/mol. The molecule has 1 aromatic carbocycles. The van der Waals surface area contributed by atoms with Gasteiger partial charge in [-0.2, -0.15) is 0 Å². The Kier molecular flexibility index (Phi) is 5.17. The summed E-state index contributed by atoms with van der Waals surface area (Å²) >= 11 is 5.20. The second-order valence-electron chi connectivity index (χ2n) is 4.86. The fourth-order valence-electron chi connectivity index (χ4n) is 2.30. The van der Waals surface area contributed by atoms with E-state index in [2.05, 4.69) is 10.3 Å². The molecule has 0 aliphatic carbocycles. The van der Waals surface area contributed by atoms with Gasteiger partial charge in [0.15, 0.2) is 10.8 Å². The van der Waals surface area contributed by atoms with E-state index in [1.807, 2.05) is 37.3 Å². The van der Waals surface area contributed by atoms with Gasteiger partial charge in [-0.1, -0.05) is 30.3 Å². The number of nitrogens with one attached hydrogen (secondary N) is 2. The number of H-pyrrole nitrogens is 1. The summed E-state index contributed by atoms with van der Waals surface area (Å²) in [4.78, 5) is 28.2. The standard InChI is InChI=1S/C15H19N5O2S/c1-3-19(15(23)17-2)11-12(16)20(14(22)18-13(11)21)9-10-7-5-4-6-8-10/h4-8H,3,9,16H2,1-2H3,(H,17,23)(H,18,21,22). The Labute approximate surface area is 138 Å². The molecule has 122 valence electrons. The van der Waals surface area contributed by atoms with Crippen LogP contribution in [-0.4, -0.2) is 28.3 Å². The molecule has 0 spiro atoms. The van der Waals surface area contributed by atoms with Crippen LogP contribution in [-0.2, 0) is 6.54 Å². The summed E-state index contributed by atoms with van der Waals surface area (Å²) < 4.78 is 1.33. The van der Waals surface area contributed by atoms with Crippen molar-refractivity contribution in [1.82, 2.24) is 14.9 Å². The second-order valence-corrected chi connectivity index (χ2v) is 5.25. The Morgan fingerprint density at radius 2 is 2.00 bits per heavy atom. The molecule has 2 aromatic rings. The molecule has 0 saturated carbocycles. The van der Waals surface area contributed by atoms with E-state index in [0.29, 0.717) is 11.7 Å². The number of thiocarbonyl (C=S) groups is 1. The molecule has 8 heteroatoms. The molecule has 0 aliphatic rings. The molecular formula is C15H19N5O2S. The lowest BCUT2D eigenvalue weighted by Gasteiger charge is -2.24. The number of nitrogens with two attached hydrogens (primary N) is 1. The third-order valence-electron chi connectivity index (χ3n) is 3.44. The van der Waals surface area contributed by atoms with Gasteiger partial charge in [-0.15, -0.1) is 0 Å². The summed E-state index contributed by atoms with van der Waals surface area (Å²) in [6.45, 7) is 2.55. The lowest BCUT2D eigenvalue weighted by atomic mass is 10.2. The van der Waals surface area contributed by atoms with Gasteiger partial charge in [0.05, 0.1) is 6.54 Å². The summed E-state index contributed by atoms with van der Waals surface area (Å²) in [5, 5.41) is 3.17. The third-order valence-corrected chi connectivity index (χ3v) is 3.87. The smallest absolute Gasteiger partial charge is 0.330 e. The van der Waals surface area contributed by atoms with Crippen LogP contribution < -0.4 is 27.2 Å². The fourth-order valence-corrected chi connectivity index (χ4v) is 2.52. The van der Waals surface area contributed by atoms with E-state index >= 15 is 0 Å². The highest BCUT2D eigenvalue weighted by Crippen LogP contribution is 2.17. The van der Waals surface area contributed by atoms with E-state index in [9.17, 15) is 9.59 Å². The predicted octanol–water partition coefficient (Wildman–Crippen LogP) is 0.498. The minimum absolute atomic E-state index is 0.0852. The molecule has 0 radical (unpaired) electrons. The molecule has 0 amide bonds. The van der Waals surface area contributed by atoms with Gasteiger partial charge < -0.3 is 16.0 Å². The van der Waals surface area contributed by atoms with Gasteiger partial charge in [0, 0.05) is 13.6 Å². The Bertz CT molecular complexity index is 813. The van der Waals surface area contributed by atoms with Gasteiger partial charge in [-0.25, -0.2) is 4.79 Å². The lowest BCUT2D eigenvalue weighted by molar-refractivity contribution is 0.730. The molecule has 1 aromatic heterocycles. The number of hydrogen-bond donors (Lipinski definition) is 3. The van der Waals surface area contributed by atoms with Crippen LogP contribution >= 0.6 is 12.2 Å². The quantitative estimate of drug-likeness (QED) is 0.705. The zero-order chi connectivity index (χ0) is 17.0. The molecule has 0 atom stereocenters. The number of hydrogen-bond acceptors (Lipinski definition) is 4. The van der Waals surface area contributed by atoms with Crippen LogP contribution in [0.15, 0.2) is 39.9 Å². The molecule has 1 heterocycles. The number of benzene rings is 1. The minimum atomic E-state index is -0.559. The van der Waals surface area contributed by atoms with E-state index < -0.39 is 11.2 Å². The number of nitrogens with zero attached hydrogens (tertiary/aromatic N) is 2. The largest absolute Gasteiger partial charge is 0.383 e. The Balaban J connectivity index is 2.57. The van der Waals surface area contributed by atoms with Crippen molar-refractivity contribution in [3.8, 4) is 0 Å². The van der Waals surface area contributed by atoms with Crippen molar-refractivity contribution < 1.29 is 0 Å². The average molecular weight is 333 g/mol. The van der Waals surface area contributed by atoms with Gasteiger partial charge in [-0.05, 0) is 24.7 Å². The monoisotopic (exact) mass is 333 g/mol. The topological polar surface area (TPSA) is 96.2 Å². The van der Waals surface area contributed by atoms with Crippen LogP contribution in [0.3, 0.4) is 0 Å². The maximum absolute atomic E-state index is 12.2. The van der Waals surface area contributed by atoms with Crippen molar-refractivity contribution >= 4 is 28.8 Å². The molecule has 0 fully saturated rings. The first-order valence-electron chi connectivity index (χ1n) is 7.15. The zero-order valence-electron chi connectivity index (χ0n) is 13.0. The SMILES string of the molecule is CCN(C(=S)NC)c1c(N)n(Cc2ccccc2)c(=O)[nH]c1=O. The van der Waals surface area contributed by atoms with Crippen LogP contribution in [0.2, 0.25) is 0 Å². The highest BCUT2D eigenvalue weighted by atomic mass is 32.1. The fraction of sp³-hybridized carbons (Fsp3) is 0.267. The van der Waals surface area contributed by atoms with E-state index in [1.54, 1.807) is 11.9 Å². The van der Waals surface area contributed by atoms with E-state index in [0.717, 1.165) is 5.56 Å². The average Bonchev–Trinajstić information content (AvgIpc) is 2.55. The highest BCUT2D eigenvalue weighted by molar-refractivity contribution is 7.80. The van der Waals surface area contributed by atoms with Gasteiger partial charge in [0.2, 0.25) is 0 Å². The van der Waals surface area contributed by atoms with Crippen LogP contribution in [0.25, 0.3) is 0 Å². The normalized spacial score (nSPS) is 10.3. The van der Waals surface area contributed by atoms with Gasteiger partial charge in [0.1, 0.15) is 5.82 Å². The van der Waals surface area contributed by atoms with Gasteiger partial charge in [0.25, 0.3) is 5.56 Å². The first-order chi connectivity index (χ1) is 11.0. The number of nitrogen functional groups attached to an aromatic ring is 1. The molecule has 23 heavy (non-hydrogen) atoms. The van der Waals surface area contributed by atoms with Crippen LogP contribution in [0.1, 0.15) is 12.5 Å². The van der Waals surface area contributed by atoms with E-state index in [4.69, 9.17) is 18.0 Å². The van der Waals surface area contributed by atoms with Crippen molar-refractivity contribution in [1.29, 1.82) is 0 Å². The number of aromatic nitrogens is 2. The minimum Gasteiger partial charge on any atom is -0.383 e. The summed E-state index contributed by atoms with van der Waals surface area (Å²) in [6.07, 6.45) is 0. The first-order valence-corrected chi connectivity index (χ1v) is 7.56. The molecule has 0 bridgehead atoms. The Morgan fingerprint density at radius 1 is 1.35 bits per heavy atom. The molecular weight excluding hydrogens is 314 g/mol. The van der Waals surface area contributed by atoms with E-state index in [1.165, 1.54) is 4.57 Å². The zero-order valence-corrected chi connectivity index (χ0v) is 13.8. The summed E-state index contributed by atoms with van der Waals surface area (Å²) in [6, 6.07) is 9.40. The molecule has 0 unspecified atom stereocenters. The van der Waals surface area contributed by atoms with Crippen molar-refractivity contribution in [2.75, 3.05) is 24.2 Å². The molecule has 4 N–H and O–H groups in total. The lowest BCUT2D eigenvalue weighted by Crippen LogP contribution is -2.44. The van der Waals surface area contributed by atoms with Crippen molar-refractivity contribution in [2.24, 2.45) is 0 Å². The maximum atomic E-state index is 12.2. The summed E-state index contributed by atoms with van der Waals surface area (Å²) in [5.74, 6) is 0.0852. The number of anilines is 2. The molecule has 7 nitrogen and oxygen atoms in total. The summed E-state index contributed by atoms with van der Waals surface area (Å²) in [5.41, 5.74) is 6.08. The maximum Gasteiger partial charge on any atom is 0.330 e. The molecule has 2 rings (SSSR count). The van der Waals surface area contributed by atoms with Gasteiger partial charge in [-0.3, -0.25) is 14.3 Å². The number of rotatable bonds is 4. The van der Waals surface area contributed by atoms with E-state index in [-0.39, 0.29) is 18.1 Å². The van der Waals surface area contributed by atoms with Crippen LogP contribution in [0.4, 0.5) is 11.5 Å². The Hall–Kier alpha value is -2.61. The van der Waals surface area contributed by atoms with Crippen molar-refractivity contribution in [3.63, 3.8) is 0 Å². The van der Waals surface area contributed by atoms with Gasteiger partial charge >= 0.3 is 5.69 Å². The van der Waals surface area contributed by atoms with Crippen LogP contribution in [0, 0.1) is 0 Å². The van der Waals surface area contributed by atoms with Crippen molar-refractivity contribution in [2.45, 2.75) is 13.5 Å². The number of aromatic amines is 1. The Morgan fingerprint density at radius 3 is 2.57 bits per heavy atom. The third kappa shape index (κ3) is 3.42. The van der Waals surface area contributed by atoms with Crippen molar-refractivity contribution in [3.05, 3.63) is 56.7 Å². The molecule has 0 saturated heterocycles. The van der Waals surface area contributed by atoms with Crippen LogP contribution in [0.5, 0.6) is 0 Å². The highest BCUT2D eigenvalue weighted by Gasteiger charge is 2.20. The second kappa shape index (κ2) is 7.10. The molecule has 0 aliphatic heterocycles. The first kappa shape index (κ1) is 16.8. The summed E-state index contributed by atoms with van der Waals surface area (Å²) in [7, 11) is 1.66.